The van der Waals surface area contributed by atoms with Crippen molar-refractivity contribution in [2.24, 2.45) is 0 Å². The van der Waals surface area contributed by atoms with E-state index >= 15 is 0 Å². The molecule has 106 valence electrons. The third kappa shape index (κ3) is 2.93. The van der Waals surface area contributed by atoms with Crippen molar-refractivity contribution in [3.63, 3.8) is 0 Å². The molecule has 0 saturated heterocycles. The van der Waals surface area contributed by atoms with Crippen molar-refractivity contribution in [2.45, 2.75) is 10.6 Å². The fourth-order valence-electron chi connectivity index (χ4n) is 1.64. The van der Waals surface area contributed by atoms with Gasteiger partial charge in [0.05, 0.1) is 16.3 Å². The van der Waals surface area contributed by atoms with Crippen LogP contribution in [0.4, 0.5) is 18.9 Å². The van der Waals surface area contributed by atoms with Crippen LogP contribution >= 0.6 is 0 Å². The number of nitrogens with two attached hydrogens (primary N) is 1. The van der Waals surface area contributed by atoms with Gasteiger partial charge in [0.25, 0.3) is 0 Å². The predicted octanol–water partition coefficient (Wildman–Crippen LogP) is 2.66. The lowest BCUT2D eigenvalue weighted by atomic mass is 10.2. The van der Waals surface area contributed by atoms with Crippen LogP contribution in [-0.2, 0) is 15.6 Å². The summed E-state index contributed by atoms with van der Waals surface area (Å²) in [4.78, 5) is -0.340. The Bertz CT molecular complexity index is 760. The first kappa shape index (κ1) is 14.4. The lowest BCUT2D eigenvalue weighted by Crippen LogP contribution is -2.08. The second-order valence-corrected chi connectivity index (χ2v) is 6.17. The first-order valence-electron chi connectivity index (χ1n) is 5.51. The van der Waals surface area contributed by atoms with Crippen LogP contribution in [0.15, 0.2) is 41.3 Å². The number of nitrogen functional groups attached to an aromatic ring is 1. The van der Waals surface area contributed by atoms with Crippen LogP contribution < -0.4 is 5.73 Å². The SMILES string of the molecule is Nc1ccc(S(=O)(=O)Cc2cc(F)ccc2F)cc1F. The van der Waals surface area contributed by atoms with E-state index < -0.39 is 33.0 Å². The Labute approximate surface area is 113 Å². The molecule has 0 aliphatic heterocycles. The van der Waals surface area contributed by atoms with E-state index in [1.165, 1.54) is 0 Å². The summed E-state index contributed by atoms with van der Waals surface area (Å²) in [5, 5.41) is 0. The van der Waals surface area contributed by atoms with E-state index in [9.17, 15) is 21.6 Å². The van der Waals surface area contributed by atoms with Crippen molar-refractivity contribution >= 4 is 15.5 Å². The van der Waals surface area contributed by atoms with Crippen LogP contribution in [0.2, 0.25) is 0 Å². The topological polar surface area (TPSA) is 60.2 Å². The van der Waals surface area contributed by atoms with Crippen molar-refractivity contribution in [1.82, 2.24) is 0 Å². The number of anilines is 1. The molecule has 2 N–H and O–H groups in total. The molecule has 2 rings (SSSR count). The zero-order valence-corrected chi connectivity index (χ0v) is 10.9. The van der Waals surface area contributed by atoms with Crippen LogP contribution in [-0.4, -0.2) is 8.42 Å². The highest BCUT2D eigenvalue weighted by Crippen LogP contribution is 2.22. The summed E-state index contributed by atoms with van der Waals surface area (Å²) in [5.74, 6) is -3.24. The van der Waals surface area contributed by atoms with Gasteiger partial charge in [-0.25, -0.2) is 21.6 Å². The Balaban J connectivity index is 2.40. The minimum Gasteiger partial charge on any atom is -0.396 e. The van der Waals surface area contributed by atoms with Gasteiger partial charge in [0.15, 0.2) is 9.84 Å². The largest absolute Gasteiger partial charge is 0.396 e. The van der Waals surface area contributed by atoms with Gasteiger partial charge in [-0.05, 0) is 36.4 Å². The highest BCUT2D eigenvalue weighted by atomic mass is 32.2. The third-order valence-electron chi connectivity index (χ3n) is 2.68. The van der Waals surface area contributed by atoms with E-state index in [4.69, 9.17) is 5.73 Å². The van der Waals surface area contributed by atoms with Crippen molar-refractivity contribution in [3.05, 3.63) is 59.4 Å². The normalized spacial score (nSPS) is 11.6. The minimum atomic E-state index is -3.99. The number of hydrogen-bond acceptors (Lipinski definition) is 3. The molecule has 0 saturated carbocycles. The van der Waals surface area contributed by atoms with Gasteiger partial charge in [-0.1, -0.05) is 0 Å². The Morgan fingerprint density at radius 3 is 2.30 bits per heavy atom. The molecule has 0 radical (unpaired) electrons. The van der Waals surface area contributed by atoms with Gasteiger partial charge in [0.2, 0.25) is 0 Å². The molecule has 0 amide bonds. The monoisotopic (exact) mass is 301 g/mol. The Morgan fingerprint density at radius 2 is 1.65 bits per heavy atom. The molecule has 2 aromatic carbocycles. The van der Waals surface area contributed by atoms with E-state index in [-0.39, 0.29) is 16.1 Å². The third-order valence-corrected chi connectivity index (χ3v) is 4.35. The number of benzene rings is 2. The molecule has 0 spiro atoms. The maximum Gasteiger partial charge on any atom is 0.182 e. The van der Waals surface area contributed by atoms with Crippen LogP contribution in [0, 0.1) is 17.5 Å². The summed E-state index contributed by atoms with van der Waals surface area (Å²) in [5.41, 5.74) is 4.74. The lowest BCUT2D eigenvalue weighted by Gasteiger charge is -2.07. The average Bonchev–Trinajstić information content (AvgIpc) is 2.36. The molecule has 7 heteroatoms. The zero-order valence-electron chi connectivity index (χ0n) is 10.1. The van der Waals surface area contributed by atoms with E-state index in [2.05, 4.69) is 0 Å². The molecule has 0 unspecified atom stereocenters. The molecule has 0 aromatic heterocycles. The minimum absolute atomic E-state index is 0.194. The molecule has 0 atom stereocenters. The number of hydrogen-bond donors (Lipinski definition) is 1. The Hall–Kier alpha value is -2.02. The van der Waals surface area contributed by atoms with Gasteiger partial charge in [-0.3, -0.25) is 0 Å². The molecule has 0 heterocycles. The van der Waals surface area contributed by atoms with E-state index in [0.29, 0.717) is 0 Å². The van der Waals surface area contributed by atoms with E-state index in [1.807, 2.05) is 0 Å². The molecule has 0 bridgehead atoms. The van der Waals surface area contributed by atoms with Crippen LogP contribution in [0.1, 0.15) is 5.56 Å². The second-order valence-electron chi connectivity index (χ2n) is 4.18. The van der Waals surface area contributed by atoms with Crippen LogP contribution in [0.25, 0.3) is 0 Å². The molecule has 0 fully saturated rings. The molecule has 20 heavy (non-hydrogen) atoms. The molecule has 0 aliphatic carbocycles. The smallest absolute Gasteiger partial charge is 0.182 e. The highest BCUT2D eigenvalue weighted by Gasteiger charge is 2.19. The Kier molecular flexibility index (Phi) is 3.71. The number of sulfone groups is 1. The number of halogens is 3. The van der Waals surface area contributed by atoms with Gasteiger partial charge in [-0.15, -0.1) is 0 Å². The molecular weight excluding hydrogens is 291 g/mol. The molecule has 0 aliphatic rings. The predicted molar refractivity (Wildman–Crippen MR) is 68.1 cm³/mol. The van der Waals surface area contributed by atoms with Crippen LogP contribution in [0.5, 0.6) is 0 Å². The fourth-order valence-corrected chi connectivity index (χ4v) is 3.00. The van der Waals surface area contributed by atoms with Gasteiger partial charge >= 0.3 is 0 Å². The van der Waals surface area contributed by atoms with Crippen molar-refractivity contribution < 1.29 is 21.6 Å². The average molecular weight is 301 g/mol. The lowest BCUT2D eigenvalue weighted by molar-refractivity contribution is 0.577. The summed E-state index contributed by atoms with van der Waals surface area (Å²) in [6.07, 6.45) is 0. The van der Waals surface area contributed by atoms with Crippen molar-refractivity contribution in [3.8, 4) is 0 Å². The van der Waals surface area contributed by atoms with E-state index in [1.54, 1.807) is 0 Å². The first-order chi connectivity index (χ1) is 9.29. The van der Waals surface area contributed by atoms with Gasteiger partial charge in [0, 0.05) is 5.56 Å². The quantitative estimate of drug-likeness (QED) is 0.887. The van der Waals surface area contributed by atoms with Crippen molar-refractivity contribution in [2.75, 3.05) is 5.73 Å². The number of rotatable bonds is 3. The highest BCUT2D eigenvalue weighted by molar-refractivity contribution is 7.90. The molecular formula is C13H10F3NO2S. The summed E-state index contributed by atoms with van der Waals surface area (Å²) >= 11 is 0. The summed E-state index contributed by atoms with van der Waals surface area (Å²) in [6, 6.07) is 5.48. The van der Waals surface area contributed by atoms with Crippen molar-refractivity contribution in [1.29, 1.82) is 0 Å². The molecule has 3 nitrogen and oxygen atoms in total. The van der Waals surface area contributed by atoms with Gasteiger partial charge < -0.3 is 5.73 Å². The van der Waals surface area contributed by atoms with Gasteiger partial charge in [0.1, 0.15) is 17.5 Å². The summed E-state index contributed by atoms with van der Waals surface area (Å²) in [7, 11) is -3.99. The zero-order chi connectivity index (χ0) is 14.9. The second kappa shape index (κ2) is 5.16. The van der Waals surface area contributed by atoms with E-state index in [0.717, 1.165) is 36.4 Å². The maximum absolute atomic E-state index is 13.4. The first-order valence-corrected chi connectivity index (χ1v) is 7.16. The molecule has 2 aromatic rings. The Morgan fingerprint density at radius 1 is 0.950 bits per heavy atom. The standard InChI is InChI=1S/C13H10F3NO2S/c14-9-1-3-11(15)8(5-9)7-20(18,19)10-2-4-13(17)12(16)6-10/h1-6H,7,17H2. The summed E-state index contributed by atoms with van der Waals surface area (Å²) < 4.78 is 63.8. The maximum atomic E-state index is 13.4. The summed E-state index contributed by atoms with van der Waals surface area (Å²) in [6.45, 7) is 0. The van der Waals surface area contributed by atoms with Crippen LogP contribution in [0.3, 0.4) is 0 Å². The van der Waals surface area contributed by atoms with Gasteiger partial charge in [-0.2, -0.15) is 0 Å². The fraction of sp³-hybridized carbons (Fsp3) is 0.0769.